The van der Waals surface area contributed by atoms with Crippen LogP contribution in [0.3, 0.4) is 0 Å². The van der Waals surface area contributed by atoms with E-state index in [-0.39, 0.29) is 16.2 Å². The predicted molar refractivity (Wildman–Crippen MR) is 119 cm³/mol. The fraction of sp³-hybridized carbons (Fsp3) is 0.696. The Balaban J connectivity index is 1.53. The first-order valence-corrected chi connectivity index (χ1v) is 12.8. The fourth-order valence-corrected chi connectivity index (χ4v) is 6.35. The van der Waals surface area contributed by atoms with E-state index < -0.39 is 15.4 Å². The van der Waals surface area contributed by atoms with Gasteiger partial charge < -0.3 is 9.80 Å². The number of hydrogen-bond donors (Lipinski definition) is 1. The summed E-state index contributed by atoms with van der Waals surface area (Å²) in [5, 5.41) is 0. The van der Waals surface area contributed by atoms with Crippen molar-refractivity contribution in [2.45, 2.75) is 70.1 Å². The molecule has 1 aromatic carbocycles. The summed E-state index contributed by atoms with van der Waals surface area (Å²) in [5.74, 6) is 0.0315. The second-order valence-corrected chi connectivity index (χ2v) is 11.7. The maximum Gasteiger partial charge on any atom is 0.240 e. The Hall–Kier alpha value is -1.44. The molecule has 2 aliphatic heterocycles. The van der Waals surface area contributed by atoms with Gasteiger partial charge in [0.05, 0.1) is 16.0 Å². The molecule has 0 radical (unpaired) electrons. The number of aryl methyl sites for hydroxylation is 1. The van der Waals surface area contributed by atoms with E-state index in [1.165, 1.54) is 19.3 Å². The van der Waals surface area contributed by atoms with E-state index >= 15 is 0 Å². The van der Waals surface area contributed by atoms with Gasteiger partial charge in [-0.2, -0.15) is 0 Å². The third kappa shape index (κ3) is 3.80. The summed E-state index contributed by atoms with van der Waals surface area (Å²) >= 11 is 0. The number of carbonyl (C=O) groups is 1. The number of piperidine rings is 1. The largest absolute Gasteiger partial charge is 0.311 e. The number of likely N-dealkylation sites (tertiary alicyclic amines) is 1. The van der Waals surface area contributed by atoms with Crippen molar-refractivity contribution in [2.24, 2.45) is 5.41 Å². The first-order valence-electron chi connectivity index (χ1n) is 11.3. The average molecular weight is 434 g/mol. The molecule has 166 valence electrons. The predicted octanol–water partition coefficient (Wildman–Crippen LogP) is 3.18. The van der Waals surface area contributed by atoms with Crippen LogP contribution in [0, 0.1) is 12.3 Å². The molecular weight excluding hydrogens is 398 g/mol. The normalized spacial score (nSPS) is 22.9. The van der Waals surface area contributed by atoms with Crippen molar-refractivity contribution in [2.75, 3.05) is 37.6 Å². The van der Waals surface area contributed by atoms with E-state index in [0.717, 1.165) is 49.3 Å². The summed E-state index contributed by atoms with van der Waals surface area (Å²) in [6, 6.07) is 3.42. The van der Waals surface area contributed by atoms with Crippen molar-refractivity contribution >= 4 is 21.6 Å². The molecule has 2 heterocycles. The van der Waals surface area contributed by atoms with Crippen LogP contribution in [0.1, 0.15) is 64.0 Å². The van der Waals surface area contributed by atoms with E-state index in [0.29, 0.717) is 13.1 Å². The third-order valence-electron chi connectivity index (χ3n) is 7.23. The second-order valence-electron chi connectivity index (χ2n) is 9.97. The molecule has 0 aromatic heterocycles. The van der Waals surface area contributed by atoms with E-state index in [1.54, 1.807) is 17.0 Å². The fourth-order valence-electron chi connectivity index (χ4n) is 5.08. The minimum Gasteiger partial charge on any atom is -0.311 e. The summed E-state index contributed by atoms with van der Waals surface area (Å²) < 4.78 is 29.2. The number of carbonyl (C=O) groups excluding carboxylic acids is 1. The molecule has 0 unspecified atom stereocenters. The van der Waals surface area contributed by atoms with Crippen LogP contribution < -0.4 is 9.62 Å². The zero-order chi connectivity index (χ0) is 21.7. The zero-order valence-electron chi connectivity index (χ0n) is 18.8. The Bertz CT molecular complexity index is 945. The minimum atomic E-state index is -3.63. The van der Waals surface area contributed by atoms with Crippen LogP contribution in [-0.4, -0.2) is 51.9 Å². The Labute approximate surface area is 181 Å². The van der Waals surface area contributed by atoms with Gasteiger partial charge in [0, 0.05) is 19.6 Å². The number of likely N-dealkylation sites (N-methyl/N-ethyl adjacent to an activating group) is 1. The van der Waals surface area contributed by atoms with Gasteiger partial charge in [-0.3, -0.25) is 4.79 Å². The molecule has 0 bridgehead atoms. The summed E-state index contributed by atoms with van der Waals surface area (Å²) in [6.45, 7) is 11.9. The minimum absolute atomic E-state index is 0.0315. The molecule has 2 fully saturated rings. The Morgan fingerprint density at radius 3 is 2.37 bits per heavy atom. The first-order chi connectivity index (χ1) is 14.1. The van der Waals surface area contributed by atoms with Gasteiger partial charge in [0.25, 0.3) is 0 Å². The molecule has 1 aromatic rings. The third-order valence-corrected chi connectivity index (χ3v) is 8.61. The molecule has 0 atom stereocenters. The number of nitrogens with one attached hydrogen (secondary N) is 1. The number of rotatable bonds is 7. The molecule has 30 heavy (non-hydrogen) atoms. The van der Waals surface area contributed by atoms with Gasteiger partial charge in [0.1, 0.15) is 0 Å². The van der Waals surface area contributed by atoms with E-state index in [9.17, 15) is 13.2 Å². The van der Waals surface area contributed by atoms with Crippen LogP contribution in [0.5, 0.6) is 0 Å². The second kappa shape index (κ2) is 7.61. The lowest BCUT2D eigenvalue weighted by Gasteiger charge is -2.30. The standard InChI is InChI=1S/C23H35N3O3S/c1-5-26-20-17(2)13-18(14-19(20)22(3,4)21(26)27)30(28,29)24-15-23(9-10-23)16-25-11-7-6-8-12-25/h13-14,24H,5-12,15-16H2,1-4H3. The summed E-state index contributed by atoms with van der Waals surface area (Å²) in [4.78, 5) is 17.4. The number of amides is 1. The maximum absolute atomic E-state index is 13.2. The van der Waals surface area contributed by atoms with Gasteiger partial charge in [0.2, 0.25) is 15.9 Å². The van der Waals surface area contributed by atoms with Crippen LogP contribution >= 0.6 is 0 Å². The molecule has 1 amide bonds. The topological polar surface area (TPSA) is 69.7 Å². The highest BCUT2D eigenvalue weighted by Gasteiger charge is 2.46. The van der Waals surface area contributed by atoms with Crippen molar-refractivity contribution in [1.82, 2.24) is 9.62 Å². The molecule has 6 nitrogen and oxygen atoms in total. The van der Waals surface area contributed by atoms with E-state index in [2.05, 4.69) is 9.62 Å². The maximum atomic E-state index is 13.2. The van der Waals surface area contributed by atoms with Crippen molar-refractivity contribution in [1.29, 1.82) is 0 Å². The number of fused-ring (bicyclic) bond motifs is 1. The number of nitrogens with zero attached hydrogens (tertiary/aromatic N) is 2. The molecule has 1 aliphatic carbocycles. The average Bonchev–Trinajstić information content (AvgIpc) is 3.44. The molecule has 3 aliphatic rings. The zero-order valence-corrected chi connectivity index (χ0v) is 19.6. The molecule has 1 saturated heterocycles. The number of sulfonamides is 1. The van der Waals surface area contributed by atoms with Gasteiger partial charge >= 0.3 is 0 Å². The highest BCUT2D eigenvalue weighted by Crippen LogP contribution is 2.47. The van der Waals surface area contributed by atoms with Crippen LogP contribution in [0.2, 0.25) is 0 Å². The smallest absolute Gasteiger partial charge is 0.240 e. The van der Waals surface area contributed by atoms with Gasteiger partial charge in [-0.15, -0.1) is 0 Å². The van der Waals surface area contributed by atoms with Gasteiger partial charge in [-0.05, 0) is 95.1 Å². The number of anilines is 1. The highest BCUT2D eigenvalue weighted by atomic mass is 32.2. The lowest BCUT2D eigenvalue weighted by molar-refractivity contribution is -0.122. The molecule has 4 rings (SSSR count). The molecule has 1 N–H and O–H groups in total. The SMILES string of the molecule is CCN1C(=O)C(C)(C)c2cc(S(=O)(=O)NCC3(CN4CCCCC4)CC3)cc(C)c21. The Kier molecular flexibility index (Phi) is 5.52. The lowest BCUT2D eigenvalue weighted by Crippen LogP contribution is -2.40. The Morgan fingerprint density at radius 2 is 1.77 bits per heavy atom. The van der Waals surface area contributed by atoms with Crippen molar-refractivity contribution in [3.63, 3.8) is 0 Å². The number of hydrogen-bond acceptors (Lipinski definition) is 4. The van der Waals surface area contributed by atoms with Crippen LogP contribution in [0.25, 0.3) is 0 Å². The highest BCUT2D eigenvalue weighted by molar-refractivity contribution is 7.89. The molecule has 7 heteroatoms. The summed E-state index contributed by atoms with van der Waals surface area (Å²) in [6.07, 6.45) is 5.98. The van der Waals surface area contributed by atoms with Crippen molar-refractivity contribution in [3.8, 4) is 0 Å². The summed E-state index contributed by atoms with van der Waals surface area (Å²) in [5.41, 5.74) is 1.89. The van der Waals surface area contributed by atoms with Gasteiger partial charge in [0.15, 0.2) is 0 Å². The van der Waals surface area contributed by atoms with Crippen LogP contribution in [-0.2, 0) is 20.2 Å². The first kappa shape index (κ1) is 21.8. The molecular formula is C23H35N3O3S. The molecule has 0 spiro atoms. The van der Waals surface area contributed by atoms with Gasteiger partial charge in [-0.1, -0.05) is 6.42 Å². The van der Waals surface area contributed by atoms with Crippen LogP contribution in [0.4, 0.5) is 5.69 Å². The van der Waals surface area contributed by atoms with Gasteiger partial charge in [-0.25, -0.2) is 13.1 Å². The lowest BCUT2D eigenvalue weighted by atomic mass is 9.85. The Morgan fingerprint density at radius 1 is 1.10 bits per heavy atom. The summed E-state index contributed by atoms with van der Waals surface area (Å²) in [7, 11) is -3.63. The van der Waals surface area contributed by atoms with Crippen molar-refractivity contribution < 1.29 is 13.2 Å². The van der Waals surface area contributed by atoms with E-state index in [4.69, 9.17) is 0 Å². The number of benzene rings is 1. The monoisotopic (exact) mass is 433 g/mol. The van der Waals surface area contributed by atoms with Crippen molar-refractivity contribution in [3.05, 3.63) is 23.3 Å². The molecule has 1 saturated carbocycles. The quantitative estimate of drug-likeness (QED) is 0.717. The van der Waals surface area contributed by atoms with Crippen LogP contribution in [0.15, 0.2) is 17.0 Å². The van der Waals surface area contributed by atoms with E-state index in [1.807, 2.05) is 27.7 Å².